The standard InChI is InChI=1S/C22H22O7/c1-12-20(17-6-5-7-29-17)14(16(11-23)22(25)21(12)24)10-15-18(27-3)8-13(26-2)9-19(15)28-4/h5-9,11,24-25H,10H2,1-4H3. The summed E-state index contributed by atoms with van der Waals surface area (Å²) in [4.78, 5) is 11.8. The Kier molecular flexibility index (Phi) is 5.68. The van der Waals surface area contributed by atoms with Gasteiger partial charge in [-0.3, -0.25) is 4.79 Å². The summed E-state index contributed by atoms with van der Waals surface area (Å²) in [7, 11) is 4.57. The fourth-order valence-electron chi connectivity index (χ4n) is 3.42. The molecule has 2 N–H and O–H groups in total. The van der Waals surface area contributed by atoms with Gasteiger partial charge in [-0.05, 0) is 24.6 Å². The zero-order valence-electron chi connectivity index (χ0n) is 16.6. The summed E-state index contributed by atoms with van der Waals surface area (Å²) in [6.45, 7) is 1.65. The first-order valence-corrected chi connectivity index (χ1v) is 8.82. The Labute approximate surface area is 168 Å². The van der Waals surface area contributed by atoms with Crippen LogP contribution in [-0.2, 0) is 6.42 Å². The van der Waals surface area contributed by atoms with E-state index in [0.717, 1.165) is 0 Å². The average molecular weight is 398 g/mol. The number of hydrogen-bond acceptors (Lipinski definition) is 7. The van der Waals surface area contributed by atoms with Crippen LogP contribution in [0.3, 0.4) is 0 Å². The van der Waals surface area contributed by atoms with Gasteiger partial charge in [0.05, 0.1) is 33.2 Å². The third-order valence-electron chi connectivity index (χ3n) is 4.89. The number of phenolic OH excluding ortho intramolecular Hbond substituents is 2. The molecular weight excluding hydrogens is 376 g/mol. The van der Waals surface area contributed by atoms with Crippen LogP contribution < -0.4 is 14.2 Å². The molecule has 7 heteroatoms. The Morgan fingerprint density at radius 1 is 1.00 bits per heavy atom. The van der Waals surface area contributed by atoms with Gasteiger partial charge in [-0.1, -0.05) is 0 Å². The summed E-state index contributed by atoms with van der Waals surface area (Å²) >= 11 is 0. The lowest BCUT2D eigenvalue weighted by Gasteiger charge is -2.20. The molecule has 0 aliphatic rings. The third kappa shape index (κ3) is 3.47. The summed E-state index contributed by atoms with van der Waals surface area (Å²) in [6, 6.07) is 6.84. The Morgan fingerprint density at radius 3 is 2.14 bits per heavy atom. The lowest BCUT2D eigenvalue weighted by molar-refractivity contribution is 0.111. The molecule has 2 aromatic carbocycles. The highest BCUT2D eigenvalue weighted by Gasteiger charge is 2.26. The summed E-state index contributed by atoms with van der Waals surface area (Å²) in [5.41, 5.74) is 2.01. The Hall–Kier alpha value is -3.61. The Balaban J connectivity index is 2.32. The number of benzene rings is 2. The van der Waals surface area contributed by atoms with Gasteiger partial charge in [0.25, 0.3) is 0 Å². The van der Waals surface area contributed by atoms with E-state index in [2.05, 4.69) is 0 Å². The maximum atomic E-state index is 11.8. The van der Waals surface area contributed by atoms with Gasteiger partial charge in [0.2, 0.25) is 0 Å². The van der Waals surface area contributed by atoms with Crippen molar-refractivity contribution >= 4 is 6.29 Å². The molecule has 152 valence electrons. The molecule has 0 amide bonds. The molecule has 0 saturated carbocycles. The molecule has 3 rings (SSSR count). The van der Waals surface area contributed by atoms with Crippen LogP contribution in [0.4, 0.5) is 0 Å². The second kappa shape index (κ2) is 8.18. The highest BCUT2D eigenvalue weighted by atomic mass is 16.5. The molecule has 29 heavy (non-hydrogen) atoms. The maximum absolute atomic E-state index is 11.8. The summed E-state index contributed by atoms with van der Waals surface area (Å²) in [6.07, 6.45) is 2.19. The van der Waals surface area contributed by atoms with E-state index in [0.29, 0.717) is 51.5 Å². The van der Waals surface area contributed by atoms with E-state index in [1.807, 2.05) is 0 Å². The zero-order valence-corrected chi connectivity index (χ0v) is 16.6. The number of carbonyl (C=O) groups is 1. The normalized spacial score (nSPS) is 10.6. The van der Waals surface area contributed by atoms with E-state index in [-0.39, 0.29) is 17.7 Å². The smallest absolute Gasteiger partial charge is 0.168 e. The van der Waals surface area contributed by atoms with Crippen LogP contribution in [0.25, 0.3) is 11.3 Å². The molecule has 0 saturated heterocycles. The predicted molar refractivity (Wildman–Crippen MR) is 107 cm³/mol. The van der Waals surface area contributed by atoms with Gasteiger partial charge >= 0.3 is 0 Å². The van der Waals surface area contributed by atoms with Crippen molar-refractivity contribution in [1.29, 1.82) is 0 Å². The van der Waals surface area contributed by atoms with Crippen molar-refractivity contribution in [2.24, 2.45) is 0 Å². The number of hydrogen-bond donors (Lipinski definition) is 2. The van der Waals surface area contributed by atoms with Crippen LogP contribution in [0.1, 0.15) is 27.0 Å². The van der Waals surface area contributed by atoms with Crippen LogP contribution in [0.15, 0.2) is 34.9 Å². The minimum Gasteiger partial charge on any atom is -0.504 e. The van der Waals surface area contributed by atoms with E-state index < -0.39 is 5.75 Å². The minimum absolute atomic E-state index is 0.0283. The number of methoxy groups -OCH3 is 3. The van der Waals surface area contributed by atoms with Crippen molar-refractivity contribution in [3.63, 3.8) is 0 Å². The van der Waals surface area contributed by atoms with E-state index in [1.165, 1.54) is 27.6 Å². The van der Waals surface area contributed by atoms with Crippen LogP contribution in [-0.4, -0.2) is 37.8 Å². The number of ether oxygens (including phenoxy) is 3. The maximum Gasteiger partial charge on any atom is 0.168 e. The predicted octanol–water partition coefficient (Wildman–Crippen LogP) is 4.10. The monoisotopic (exact) mass is 398 g/mol. The molecule has 1 heterocycles. The largest absolute Gasteiger partial charge is 0.504 e. The molecule has 1 aromatic heterocycles. The van der Waals surface area contributed by atoms with Crippen molar-refractivity contribution < 1.29 is 33.6 Å². The summed E-state index contributed by atoms with van der Waals surface area (Å²) in [5.74, 6) is 1.16. The second-order valence-corrected chi connectivity index (χ2v) is 6.37. The van der Waals surface area contributed by atoms with Gasteiger partial charge in [0.1, 0.15) is 23.0 Å². The first-order valence-electron chi connectivity index (χ1n) is 8.82. The van der Waals surface area contributed by atoms with Crippen molar-refractivity contribution in [2.45, 2.75) is 13.3 Å². The topological polar surface area (TPSA) is 98.4 Å². The van der Waals surface area contributed by atoms with E-state index in [9.17, 15) is 15.0 Å². The lowest BCUT2D eigenvalue weighted by atomic mass is 9.88. The molecule has 3 aromatic rings. The summed E-state index contributed by atoms with van der Waals surface area (Å²) < 4.78 is 21.8. The molecule has 0 bridgehead atoms. The number of rotatable bonds is 7. The highest BCUT2D eigenvalue weighted by Crippen LogP contribution is 2.45. The van der Waals surface area contributed by atoms with Crippen LogP contribution in [0, 0.1) is 6.92 Å². The van der Waals surface area contributed by atoms with E-state index in [4.69, 9.17) is 18.6 Å². The SMILES string of the molecule is COc1cc(OC)c(Cc2c(C=O)c(O)c(O)c(C)c2-c2ccco2)c(OC)c1. The van der Waals surface area contributed by atoms with Crippen LogP contribution in [0.5, 0.6) is 28.7 Å². The van der Waals surface area contributed by atoms with Gasteiger partial charge in [-0.2, -0.15) is 0 Å². The van der Waals surface area contributed by atoms with E-state index in [1.54, 1.807) is 31.2 Å². The van der Waals surface area contributed by atoms with Gasteiger partial charge in [-0.25, -0.2) is 0 Å². The number of phenols is 2. The molecular formula is C22H22O7. The number of furan rings is 1. The van der Waals surface area contributed by atoms with Gasteiger partial charge < -0.3 is 28.8 Å². The van der Waals surface area contributed by atoms with E-state index >= 15 is 0 Å². The molecule has 0 aliphatic carbocycles. The third-order valence-corrected chi connectivity index (χ3v) is 4.89. The molecule has 0 spiro atoms. The van der Waals surface area contributed by atoms with Crippen molar-refractivity contribution in [2.75, 3.05) is 21.3 Å². The Morgan fingerprint density at radius 2 is 1.66 bits per heavy atom. The van der Waals surface area contributed by atoms with Crippen LogP contribution >= 0.6 is 0 Å². The van der Waals surface area contributed by atoms with Crippen LogP contribution in [0.2, 0.25) is 0 Å². The number of aldehydes is 1. The lowest BCUT2D eigenvalue weighted by Crippen LogP contribution is -2.05. The van der Waals surface area contributed by atoms with Gasteiger partial charge in [0.15, 0.2) is 17.8 Å². The molecule has 7 nitrogen and oxygen atoms in total. The first kappa shape index (κ1) is 20.1. The molecule has 0 fully saturated rings. The molecule has 0 unspecified atom stereocenters. The molecule has 0 aliphatic heterocycles. The van der Waals surface area contributed by atoms with Crippen molar-refractivity contribution in [3.05, 3.63) is 52.8 Å². The van der Waals surface area contributed by atoms with Gasteiger partial charge in [0, 0.05) is 35.2 Å². The van der Waals surface area contributed by atoms with Crippen molar-refractivity contribution in [1.82, 2.24) is 0 Å². The van der Waals surface area contributed by atoms with Crippen molar-refractivity contribution in [3.8, 4) is 40.1 Å². The average Bonchev–Trinajstić information content (AvgIpc) is 3.26. The zero-order chi connectivity index (χ0) is 21.1. The fraction of sp³-hybridized carbons (Fsp3) is 0.227. The summed E-state index contributed by atoms with van der Waals surface area (Å²) in [5, 5.41) is 20.7. The fourth-order valence-corrected chi connectivity index (χ4v) is 3.42. The first-order chi connectivity index (χ1) is 14.0. The number of aromatic hydroxyl groups is 2. The minimum atomic E-state index is -0.478. The second-order valence-electron chi connectivity index (χ2n) is 6.37. The molecule has 0 radical (unpaired) electrons. The molecule has 0 atom stereocenters. The quantitative estimate of drug-likeness (QED) is 0.457. The van der Waals surface area contributed by atoms with Gasteiger partial charge in [-0.15, -0.1) is 0 Å². The highest BCUT2D eigenvalue weighted by molar-refractivity contribution is 5.90. The Bertz CT molecular complexity index is 1010. The number of carbonyl (C=O) groups excluding carboxylic acids is 1.